The van der Waals surface area contributed by atoms with Crippen molar-refractivity contribution in [1.82, 2.24) is 10.2 Å². The molecule has 144 valence electrons. The van der Waals surface area contributed by atoms with Crippen molar-refractivity contribution < 1.29 is 4.79 Å². The lowest BCUT2D eigenvalue weighted by atomic mass is 9.78. The lowest BCUT2D eigenvalue weighted by Gasteiger charge is -2.40. The molecule has 3 rings (SSSR count). The van der Waals surface area contributed by atoms with E-state index in [0.29, 0.717) is 6.04 Å². The summed E-state index contributed by atoms with van der Waals surface area (Å²) in [5, 5.41) is 3.16. The maximum Gasteiger partial charge on any atom is 0.222 e. The number of nitrogens with one attached hydrogen (secondary N) is 1. The van der Waals surface area contributed by atoms with Gasteiger partial charge in [0.1, 0.15) is 0 Å². The number of benzene rings is 1. The second-order valence-electron chi connectivity index (χ2n) is 8.53. The summed E-state index contributed by atoms with van der Waals surface area (Å²) in [6, 6.07) is 7.06. The molecule has 0 radical (unpaired) electrons. The van der Waals surface area contributed by atoms with E-state index in [1.807, 2.05) is 13.8 Å². The van der Waals surface area contributed by atoms with E-state index in [2.05, 4.69) is 47.2 Å². The van der Waals surface area contributed by atoms with Gasteiger partial charge in [-0.25, -0.2) is 0 Å². The summed E-state index contributed by atoms with van der Waals surface area (Å²) in [6.07, 6.45) is 3.61. The first-order chi connectivity index (χ1) is 12.4. The molecule has 2 fully saturated rings. The summed E-state index contributed by atoms with van der Waals surface area (Å²) in [5.41, 5.74) is 4.21. The molecular weight excluding hydrogens is 322 g/mol. The van der Waals surface area contributed by atoms with Crippen LogP contribution in [0.4, 0.5) is 5.69 Å². The molecule has 0 aromatic heterocycles. The average Bonchev–Trinajstić information content (AvgIpc) is 2.59. The number of piperazine rings is 1. The molecule has 1 aliphatic carbocycles. The topological polar surface area (TPSA) is 35.6 Å². The van der Waals surface area contributed by atoms with Gasteiger partial charge in [0.15, 0.2) is 0 Å². The van der Waals surface area contributed by atoms with Gasteiger partial charge >= 0.3 is 0 Å². The summed E-state index contributed by atoms with van der Waals surface area (Å²) >= 11 is 0. The smallest absolute Gasteiger partial charge is 0.222 e. The molecule has 0 spiro atoms. The minimum Gasteiger partial charge on any atom is -0.369 e. The van der Waals surface area contributed by atoms with E-state index in [4.69, 9.17) is 0 Å². The molecule has 26 heavy (non-hydrogen) atoms. The average molecular weight is 358 g/mol. The highest BCUT2D eigenvalue weighted by atomic mass is 16.1. The van der Waals surface area contributed by atoms with Crippen molar-refractivity contribution in [3.8, 4) is 0 Å². The van der Waals surface area contributed by atoms with Crippen LogP contribution in [-0.2, 0) is 4.79 Å². The Hall–Kier alpha value is -1.55. The second-order valence-corrected chi connectivity index (χ2v) is 8.53. The molecular formula is C22H35N3O. The number of rotatable bonds is 6. The zero-order chi connectivity index (χ0) is 18.7. The Morgan fingerprint density at radius 1 is 1.15 bits per heavy atom. The van der Waals surface area contributed by atoms with Gasteiger partial charge in [-0.1, -0.05) is 26.0 Å². The molecule has 0 atom stereocenters. The summed E-state index contributed by atoms with van der Waals surface area (Å²) in [6.45, 7) is 14.1. The number of hydrogen-bond acceptors (Lipinski definition) is 3. The summed E-state index contributed by atoms with van der Waals surface area (Å²) in [7, 11) is 0. The zero-order valence-electron chi connectivity index (χ0n) is 16.9. The first kappa shape index (κ1) is 19.2. The van der Waals surface area contributed by atoms with Crippen molar-refractivity contribution in [2.24, 2.45) is 11.8 Å². The van der Waals surface area contributed by atoms with Gasteiger partial charge in [0, 0.05) is 43.8 Å². The maximum atomic E-state index is 11.7. The van der Waals surface area contributed by atoms with E-state index >= 15 is 0 Å². The van der Waals surface area contributed by atoms with Crippen LogP contribution in [0.1, 0.15) is 44.2 Å². The number of amides is 1. The van der Waals surface area contributed by atoms with Crippen LogP contribution in [0.25, 0.3) is 0 Å². The molecule has 0 unspecified atom stereocenters. The largest absolute Gasteiger partial charge is 0.369 e. The van der Waals surface area contributed by atoms with E-state index in [1.54, 1.807) is 0 Å². The Balaban J connectivity index is 1.35. The van der Waals surface area contributed by atoms with Crippen LogP contribution in [0.2, 0.25) is 0 Å². The fraction of sp³-hybridized carbons (Fsp3) is 0.682. The monoisotopic (exact) mass is 357 g/mol. The van der Waals surface area contributed by atoms with Crippen LogP contribution in [0.3, 0.4) is 0 Å². The Morgan fingerprint density at radius 3 is 2.50 bits per heavy atom. The number of carbonyl (C=O) groups excluding carboxylic acids is 1. The molecule has 4 heteroatoms. The van der Waals surface area contributed by atoms with Crippen LogP contribution in [-0.4, -0.2) is 49.6 Å². The van der Waals surface area contributed by atoms with Gasteiger partial charge in [-0.15, -0.1) is 0 Å². The van der Waals surface area contributed by atoms with Crippen LogP contribution in [0.15, 0.2) is 18.2 Å². The van der Waals surface area contributed by atoms with Gasteiger partial charge in [-0.2, -0.15) is 0 Å². The van der Waals surface area contributed by atoms with Gasteiger partial charge in [0.05, 0.1) is 0 Å². The number of aryl methyl sites for hydroxylation is 1. The predicted octanol–water partition coefficient (Wildman–Crippen LogP) is 3.37. The van der Waals surface area contributed by atoms with Crippen LogP contribution in [0, 0.1) is 25.7 Å². The van der Waals surface area contributed by atoms with E-state index in [1.165, 1.54) is 42.6 Å². The lowest BCUT2D eigenvalue weighted by Crippen LogP contribution is -2.49. The summed E-state index contributed by atoms with van der Waals surface area (Å²) in [5.74, 6) is 1.10. The Bertz CT molecular complexity index is 614. The number of anilines is 1. The van der Waals surface area contributed by atoms with Crippen molar-refractivity contribution in [3.63, 3.8) is 0 Å². The summed E-state index contributed by atoms with van der Waals surface area (Å²) < 4.78 is 0. The molecule has 1 N–H and O–H groups in total. The molecule has 2 aliphatic rings. The molecule has 1 aliphatic heterocycles. The van der Waals surface area contributed by atoms with Crippen LogP contribution >= 0.6 is 0 Å². The van der Waals surface area contributed by atoms with E-state index in [-0.39, 0.29) is 11.8 Å². The highest BCUT2D eigenvalue weighted by Crippen LogP contribution is 2.31. The predicted molar refractivity (Wildman–Crippen MR) is 109 cm³/mol. The molecule has 1 heterocycles. The van der Waals surface area contributed by atoms with Crippen molar-refractivity contribution in [2.75, 3.05) is 37.6 Å². The Morgan fingerprint density at radius 2 is 1.85 bits per heavy atom. The minimum atomic E-state index is 0.0994. The number of nitrogens with zero attached hydrogens (tertiary/aromatic N) is 2. The van der Waals surface area contributed by atoms with Gasteiger partial charge in [0.2, 0.25) is 5.91 Å². The van der Waals surface area contributed by atoms with E-state index in [0.717, 1.165) is 32.1 Å². The normalized spacial score (nSPS) is 23.8. The first-order valence-electron chi connectivity index (χ1n) is 10.3. The molecule has 1 saturated heterocycles. The SMILES string of the molecule is Cc1cccc(N2CCN(CCC3CC(NC(=O)C(C)C)C3)CC2)c1C. The molecule has 1 aromatic carbocycles. The lowest BCUT2D eigenvalue weighted by molar-refractivity contribution is -0.125. The maximum absolute atomic E-state index is 11.7. The van der Waals surface area contributed by atoms with Crippen molar-refractivity contribution in [2.45, 2.75) is 53.0 Å². The Labute approximate surface area is 158 Å². The van der Waals surface area contributed by atoms with E-state index in [9.17, 15) is 4.79 Å². The zero-order valence-corrected chi connectivity index (χ0v) is 16.9. The van der Waals surface area contributed by atoms with Gasteiger partial charge in [-0.3, -0.25) is 9.69 Å². The van der Waals surface area contributed by atoms with Crippen LogP contribution < -0.4 is 10.2 Å². The van der Waals surface area contributed by atoms with Crippen LogP contribution in [0.5, 0.6) is 0 Å². The number of hydrogen-bond donors (Lipinski definition) is 1. The van der Waals surface area contributed by atoms with Gasteiger partial charge in [-0.05, 0) is 62.8 Å². The fourth-order valence-corrected chi connectivity index (χ4v) is 4.11. The van der Waals surface area contributed by atoms with E-state index < -0.39 is 0 Å². The minimum absolute atomic E-state index is 0.0994. The quantitative estimate of drug-likeness (QED) is 0.848. The third-order valence-corrected chi connectivity index (χ3v) is 6.25. The molecule has 0 bridgehead atoms. The molecule has 1 saturated carbocycles. The first-order valence-corrected chi connectivity index (χ1v) is 10.3. The second kappa shape index (κ2) is 8.43. The third kappa shape index (κ3) is 4.59. The van der Waals surface area contributed by atoms with Gasteiger partial charge in [0.25, 0.3) is 0 Å². The van der Waals surface area contributed by atoms with Crippen molar-refractivity contribution in [3.05, 3.63) is 29.3 Å². The number of carbonyl (C=O) groups is 1. The molecule has 1 amide bonds. The highest BCUT2D eigenvalue weighted by Gasteiger charge is 2.31. The van der Waals surface area contributed by atoms with Crippen molar-refractivity contribution >= 4 is 11.6 Å². The summed E-state index contributed by atoms with van der Waals surface area (Å²) in [4.78, 5) is 16.9. The molecule has 1 aromatic rings. The van der Waals surface area contributed by atoms with Crippen molar-refractivity contribution in [1.29, 1.82) is 0 Å². The Kier molecular flexibility index (Phi) is 6.23. The highest BCUT2D eigenvalue weighted by molar-refractivity contribution is 5.78. The van der Waals surface area contributed by atoms with Gasteiger partial charge < -0.3 is 10.2 Å². The fourth-order valence-electron chi connectivity index (χ4n) is 4.11. The molecule has 4 nitrogen and oxygen atoms in total. The standard InChI is InChI=1S/C22H35N3O/c1-16(2)22(26)23-20-14-19(15-20)8-9-24-10-12-25(13-11-24)21-7-5-6-17(3)18(21)4/h5-7,16,19-20H,8-15H2,1-4H3,(H,23,26). The third-order valence-electron chi connectivity index (χ3n) is 6.25.